The Morgan fingerprint density at radius 3 is 2.76 bits per heavy atom. The standard InChI is InChI=1S/C12H10N6O2S/c1-7-5-8(2)17-11(14-7)15-12(16-17)21-10-4-3-9(6-13-10)18(19)20/h3-6H,1-2H3. The van der Waals surface area contributed by atoms with Gasteiger partial charge in [-0.1, -0.05) is 0 Å². The molecule has 0 aliphatic carbocycles. The summed E-state index contributed by atoms with van der Waals surface area (Å²) in [4.78, 5) is 22.7. The third-order valence-electron chi connectivity index (χ3n) is 2.73. The Morgan fingerprint density at radius 1 is 1.29 bits per heavy atom. The maximum absolute atomic E-state index is 10.6. The first-order valence-electron chi connectivity index (χ1n) is 6.02. The van der Waals surface area contributed by atoms with E-state index in [2.05, 4.69) is 20.1 Å². The minimum absolute atomic E-state index is 0.0459. The number of hydrogen-bond donors (Lipinski definition) is 0. The Morgan fingerprint density at radius 2 is 2.10 bits per heavy atom. The van der Waals surface area contributed by atoms with Crippen LogP contribution in [0.15, 0.2) is 34.6 Å². The third kappa shape index (κ3) is 2.68. The van der Waals surface area contributed by atoms with Crippen molar-refractivity contribution in [1.82, 2.24) is 24.6 Å². The monoisotopic (exact) mass is 302 g/mol. The fraction of sp³-hybridized carbons (Fsp3) is 0.167. The summed E-state index contributed by atoms with van der Waals surface area (Å²) in [5, 5.41) is 16.0. The fourth-order valence-corrected chi connectivity index (χ4v) is 2.50. The number of aromatic nitrogens is 5. The quantitative estimate of drug-likeness (QED) is 0.540. The van der Waals surface area contributed by atoms with Gasteiger partial charge in [0.15, 0.2) is 0 Å². The predicted octanol–water partition coefficient (Wildman–Crippen LogP) is 2.20. The van der Waals surface area contributed by atoms with E-state index in [1.165, 1.54) is 24.0 Å². The molecule has 0 amide bonds. The molecule has 3 aromatic rings. The van der Waals surface area contributed by atoms with E-state index in [1.54, 1.807) is 10.6 Å². The molecule has 21 heavy (non-hydrogen) atoms. The number of nitrogens with zero attached hydrogens (tertiary/aromatic N) is 6. The highest BCUT2D eigenvalue weighted by Crippen LogP contribution is 2.24. The van der Waals surface area contributed by atoms with Gasteiger partial charge in [-0.15, -0.1) is 5.10 Å². The molecule has 8 nitrogen and oxygen atoms in total. The third-order valence-corrected chi connectivity index (χ3v) is 3.53. The molecule has 0 bridgehead atoms. The molecular weight excluding hydrogens is 292 g/mol. The van der Waals surface area contributed by atoms with Crippen LogP contribution in [0.5, 0.6) is 0 Å². The van der Waals surface area contributed by atoms with Gasteiger partial charge < -0.3 is 0 Å². The average Bonchev–Trinajstić information content (AvgIpc) is 2.82. The van der Waals surface area contributed by atoms with Crippen LogP contribution in [0.3, 0.4) is 0 Å². The van der Waals surface area contributed by atoms with Crippen LogP contribution in [0.4, 0.5) is 5.69 Å². The minimum atomic E-state index is -0.485. The van der Waals surface area contributed by atoms with Crippen LogP contribution in [-0.4, -0.2) is 29.5 Å². The summed E-state index contributed by atoms with van der Waals surface area (Å²) in [6.07, 6.45) is 1.21. The van der Waals surface area contributed by atoms with Crippen LogP contribution in [0, 0.1) is 24.0 Å². The summed E-state index contributed by atoms with van der Waals surface area (Å²) in [5.74, 6) is 0.525. The molecule has 0 aromatic carbocycles. The maximum Gasteiger partial charge on any atom is 0.287 e. The zero-order chi connectivity index (χ0) is 15.0. The van der Waals surface area contributed by atoms with E-state index in [0.717, 1.165) is 11.4 Å². The molecule has 0 atom stereocenters. The molecule has 0 N–H and O–H groups in total. The Balaban J connectivity index is 1.91. The molecule has 0 saturated heterocycles. The van der Waals surface area contributed by atoms with Crippen molar-refractivity contribution in [3.8, 4) is 0 Å². The van der Waals surface area contributed by atoms with E-state index in [-0.39, 0.29) is 5.69 Å². The largest absolute Gasteiger partial charge is 0.287 e. The van der Waals surface area contributed by atoms with Gasteiger partial charge in [-0.25, -0.2) is 14.5 Å². The lowest BCUT2D eigenvalue weighted by Gasteiger charge is -1.97. The molecule has 0 aliphatic rings. The van der Waals surface area contributed by atoms with Crippen molar-refractivity contribution >= 4 is 23.2 Å². The van der Waals surface area contributed by atoms with Crippen molar-refractivity contribution in [3.05, 3.63) is 45.9 Å². The highest BCUT2D eigenvalue weighted by Gasteiger charge is 2.11. The van der Waals surface area contributed by atoms with Crippen molar-refractivity contribution in [3.63, 3.8) is 0 Å². The molecule has 3 rings (SSSR count). The van der Waals surface area contributed by atoms with Crippen LogP contribution in [0.1, 0.15) is 11.4 Å². The highest BCUT2D eigenvalue weighted by atomic mass is 32.2. The predicted molar refractivity (Wildman–Crippen MR) is 75.3 cm³/mol. The Labute approximate surface area is 123 Å². The summed E-state index contributed by atoms with van der Waals surface area (Å²) in [5.41, 5.74) is 1.77. The topological polar surface area (TPSA) is 99.1 Å². The van der Waals surface area contributed by atoms with Gasteiger partial charge in [-0.3, -0.25) is 10.1 Å². The van der Waals surface area contributed by atoms with Gasteiger partial charge in [0.25, 0.3) is 11.5 Å². The second-order valence-electron chi connectivity index (χ2n) is 4.36. The number of fused-ring (bicyclic) bond motifs is 1. The van der Waals surface area contributed by atoms with E-state index in [9.17, 15) is 10.1 Å². The number of pyridine rings is 1. The van der Waals surface area contributed by atoms with Crippen LogP contribution >= 0.6 is 11.8 Å². The van der Waals surface area contributed by atoms with Crippen molar-refractivity contribution in [2.75, 3.05) is 0 Å². The molecule has 0 aliphatic heterocycles. The molecule has 3 aromatic heterocycles. The second kappa shape index (κ2) is 5.09. The van der Waals surface area contributed by atoms with Crippen LogP contribution in [0.2, 0.25) is 0 Å². The number of hydrogen-bond acceptors (Lipinski definition) is 7. The van der Waals surface area contributed by atoms with Gasteiger partial charge >= 0.3 is 0 Å². The van der Waals surface area contributed by atoms with Gasteiger partial charge in [0.2, 0.25) is 5.16 Å². The van der Waals surface area contributed by atoms with Gasteiger partial charge in [0.05, 0.1) is 4.92 Å². The lowest BCUT2D eigenvalue weighted by molar-refractivity contribution is -0.385. The Bertz CT molecular complexity index is 830. The second-order valence-corrected chi connectivity index (χ2v) is 5.35. The minimum Gasteiger partial charge on any atom is -0.258 e. The highest BCUT2D eigenvalue weighted by molar-refractivity contribution is 7.99. The summed E-state index contributed by atoms with van der Waals surface area (Å²) >= 11 is 1.23. The molecule has 0 saturated carbocycles. The lowest BCUT2D eigenvalue weighted by Crippen LogP contribution is -1.97. The Kier molecular flexibility index (Phi) is 3.26. The lowest BCUT2D eigenvalue weighted by atomic mass is 10.4. The molecular formula is C12H10N6O2S. The zero-order valence-corrected chi connectivity index (χ0v) is 12.0. The van der Waals surface area contributed by atoms with Gasteiger partial charge in [0.1, 0.15) is 11.2 Å². The van der Waals surface area contributed by atoms with Gasteiger partial charge in [-0.05, 0) is 37.7 Å². The molecule has 106 valence electrons. The van der Waals surface area contributed by atoms with E-state index < -0.39 is 4.92 Å². The van der Waals surface area contributed by atoms with E-state index >= 15 is 0 Å². The zero-order valence-electron chi connectivity index (χ0n) is 11.2. The molecule has 0 fully saturated rings. The van der Waals surface area contributed by atoms with Gasteiger partial charge in [0, 0.05) is 17.5 Å². The van der Waals surface area contributed by atoms with Crippen LogP contribution in [-0.2, 0) is 0 Å². The van der Waals surface area contributed by atoms with Crippen molar-refractivity contribution in [1.29, 1.82) is 0 Å². The van der Waals surface area contributed by atoms with Crippen LogP contribution in [0.25, 0.3) is 5.78 Å². The summed E-state index contributed by atoms with van der Waals surface area (Å²) < 4.78 is 1.65. The molecule has 9 heteroatoms. The summed E-state index contributed by atoms with van der Waals surface area (Å²) in [7, 11) is 0. The van der Waals surface area contributed by atoms with Crippen molar-refractivity contribution in [2.24, 2.45) is 0 Å². The van der Waals surface area contributed by atoms with Crippen molar-refractivity contribution in [2.45, 2.75) is 24.0 Å². The average molecular weight is 302 g/mol. The molecule has 0 unspecified atom stereocenters. The van der Waals surface area contributed by atoms with E-state index in [4.69, 9.17) is 0 Å². The first kappa shape index (κ1) is 13.4. The normalized spacial score (nSPS) is 11.0. The molecule has 0 spiro atoms. The SMILES string of the molecule is Cc1cc(C)n2nc(Sc3ccc([N+](=O)[O-])cn3)nc2n1. The van der Waals surface area contributed by atoms with E-state index in [1.807, 2.05) is 19.9 Å². The number of nitro groups is 1. The van der Waals surface area contributed by atoms with Crippen molar-refractivity contribution < 1.29 is 4.92 Å². The van der Waals surface area contributed by atoms with Gasteiger partial charge in [-0.2, -0.15) is 4.98 Å². The smallest absolute Gasteiger partial charge is 0.258 e. The fourth-order valence-electron chi connectivity index (χ4n) is 1.83. The molecule has 3 heterocycles. The van der Waals surface area contributed by atoms with Crippen LogP contribution < -0.4 is 0 Å². The summed E-state index contributed by atoms with van der Waals surface area (Å²) in [6, 6.07) is 4.89. The van der Waals surface area contributed by atoms with E-state index in [0.29, 0.717) is 16.0 Å². The first-order chi connectivity index (χ1) is 10.0. The number of aryl methyl sites for hydroxylation is 2. The maximum atomic E-state index is 10.6. The summed E-state index contributed by atoms with van der Waals surface area (Å²) in [6.45, 7) is 3.82. The first-order valence-corrected chi connectivity index (χ1v) is 6.84. The number of rotatable bonds is 3. The molecule has 0 radical (unpaired) electrons. The Hall–Kier alpha value is -2.55.